The fraction of sp³-hybridized carbons (Fsp3) is 0.824. The molecule has 7 nitrogen and oxygen atoms in total. The molecular weight excluding hydrogens is 304 g/mol. The summed E-state index contributed by atoms with van der Waals surface area (Å²) >= 11 is 0. The minimum absolute atomic E-state index is 0.0237. The van der Waals surface area contributed by atoms with Crippen LogP contribution in [0.3, 0.4) is 0 Å². The third-order valence-corrected chi connectivity index (χ3v) is 5.12. The van der Waals surface area contributed by atoms with Crippen molar-refractivity contribution < 1.29 is 4.79 Å². The highest BCUT2D eigenvalue weighted by Gasteiger charge is 2.19. The van der Waals surface area contributed by atoms with E-state index in [1.807, 2.05) is 11.7 Å². The van der Waals surface area contributed by atoms with Gasteiger partial charge < -0.3 is 15.1 Å². The Morgan fingerprint density at radius 1 is 1.38 bits per heavy atom. The van der Waals surface area contributed by atoms with Gasteiger partial charge in [0.15, 0.2) is 5.69 Å². The first-order valence-corrected chi connectivity index (χ1v) is 9.31. The summed E-state index contributed by atoms with van der Waals surface area (Å²) < 4.78 is 1.82. The maximum Gasteiger partial charge on any atom is 0.275 e. The van der Waals surface area contributed by atoms with Crippen molar-refractivity contribution in [2.75, 3.05) is 46.3 Å². The molecule has 2 aliphatic heterocycles. The van der Waals surface area contributed by atoms with Gasteiger partial charge in [0.1, 0.15) is 0 Å². The van der Waals surface area contributed by atoms with Gasteiger partial charge in [0.2, 0.25) is 0 Å². The lowest BCUT2D eigenvalue weighted by Crippen LogP contribution is -2.32. The lowest BCUT2D eigenvalue weighted by Gasteiger charge is -2.22. The molecule has 1 atom stereocenters. The van der Waals surface area contributed by atoms with Crippen LogP contribution in [-0.2, 0) is 6.54 Å². The number of amides is 1. The van der Waals surface area contributed by atoms with Crippen LogP contribution in [0, 0.1) is 5.92 Å². The Labute approximate surface area is 144 Å². The molecule has 24 heavy (non-hydrogen) atoms. The van der Waals surface area contributed by atoms with E-state index >= 15 is 0 Å². The fourth-order valence-electron chi connectivity index (χ4n) is 3.66. The number of aromatic nitrogens is 3. The van der Waals surface area contributed by atoms with Gasteiger partial charge in [-0.3, -0.25) is 9.48 Å². The van der Waals surface area contributed by atoms with E-state index < -0.39 is 0 Å². The van der Waals surface area contributed by atoms with E-state index in [0.717, 1.165) is 39.1 Å². The summed E-state index contributed by atoms with van der Waals surface area (Å²) in [4.78, 5) is 16.7. The zero-order valence-electron chi connectivity index (χ0n) is 14.8. The molecule has 1 aromatic rings. The maximum atomic E-state index is 12.5. The Morgan fingerprint density at radius 2 is 2.21 bits per heavy atom. The number of carbonyl (C=O) groups excluding carboxylic acids is 1. The Kier molecular flexibility index (Phi) is 6.20. The van der Waals surface area contributed by atoms with E-state index in [4.69, 9.17) is 0 Å². The van der Waals surface area contributed by atoms with Crippen molar-refractivity contribution in [2.24, 2.45) is 5.92 Å². The first-order chi connectivity index (χ1) is 11.7. The van der Waals surface area contributed by atoms with E-state index in [1.165, 1.54) is 38.8 Å². The summed E-state index contributed by atoms with van der Waals surface area (Å²) in [5.41, 5.74) is 0.461. The summed E-state index contributed by atoms with van der Waals surface area (Å²) in [7, 11) is 1.86. The molecule has 1 amide bonds. The van der Waals surface area contributed by atoms with Crippen LogP contribution >= 0.6 is 0 Å². The van der Waals surface area contributed by atoms with Gasteiger partial charge in [0.05, 0.1) is 6.20 Å². The molecule has 2 fully saturated rings. The van der Waals surface area contributed by atoms with E-state index in [1.54, 1.807) is 11.1 Å². The molecule has 0 saturated carbocycles. The van der Waals surface area contributed by atoms with E-state index in [-0.39, 0.29) is 5.91 Å². The Balaban J connectivity index is 1.43. The molecule has 1 N–H and O–H groups in total. The molecular formula is C17H30N6O. The van der Waals surface area contributed by atoms with E-state index in [9.17, 15) is 4.79 Å². The monoisotopic (exact) mass is 334 g/mol. The molecule has 0 unspecified atom stereocenters. The molecule has 2 saturated heterocycles. The van der Waals surface area contributed by atoms with Crippen LogP contribution in [0.5, 0.6) is 0 Å². The molecule has 0 bridgehead atoms. The van der Waals surface area contributed by atoms with Gasteiger partial charge in [-0.05, 0) is 70.7 Å². The zero-order chi connectivity index (χ0) is 16.8. The van der Waals surface area contributed by atoms with Crippen LogP contribution in [-0.4, -0.2) is 77.0 Å². The molecule has 1 aromatic heterocycles. The minimum Gasteiger partial charge on any atom is -0.340 e. The van der Waals surface area contributed by atoms with Crippen molar-refractivity contribution in [3.05, 3.63) is 11.9 Å². The lowest BCUT2D eigenvalue weighted by molar-refractivity contribution is 0.0784. The number of rotatable bonds is 7. The number of nitrogens with zero attached hydrogens (tertiary/aromatic N) is 5. The third kappa shape index (κ3) is 4.77. The summed E-state index contributed by atoms with van der Waals surface area (Å²) in [6.45, 7) is 7.25. The topological polar surface area (TPSA) is 66.3 Å². The lowest BCUT2D eigenvalue weighted by atomic mass is 10.00. The largest absolute Gasteiger partial charge is 0.340 e. The third-order valence-electron chi connectivity index (χ3n) is 5.12. The second-order valence-corrected chi connectivity index (χ2v) is 7.17. The van der Waals surface area contributed by atoms with Gasteiger partial charge in [0, 0.05) is 20.1 Å². The molecule has 0 radical (unpaired) electrons. The van der Waals surface area contributed by atoms with Crippen molar-refractivity contribution in [3.63, 3.8) is 0 Å². The highest BCUT2D eigenvalue weighted by molar-refractivity contribution is 5.91. The first-order valence-electron chi connectivity index (χ1n) is 9.31. The van der Waals surface area contributed by atoms with Crippen molar-refractivity contribution in [1.82, 2.24) is 30.1 Å². The predicted octanol–water partition coefficient (Wildman–Crippen LogP) is 0.836. The van der Waals surface area contributed by atoms with Gasteiger partial charge >= 0.3 is 0 Å². The summed E-state index contributed by atoms with van der Waals surface area (Å²) in [6.07, 6.45) is 7.87. The number of piperidine rings is 1. The van der Waals surface area contributed by atoms with Gasteiger partial charge in [0.25, 0.3) is 5.91 Å². The molecule has 2 aliphatic rings. The van der Waals surface area contributed by atoms with Gasteiger partial charge in [-0.1, -0.05) is 5.21 Å². The smallest absolute Gasteiger partial charge is 0.275 e. The predicted molar refractivity (Wildman–Crippen MR) is 92.9 cm³/mol. The number of hydrogen-bond donors (Lipinski definition) is 1. The zero-order valence-corrected chi connectivity index (χ0v) is 14.8. The molecule has 3 rings (SSSR count). The highest BCUT2D eigenvalue weighted by Crippen LogP contribution is 2.12. The maximum absolute atomic E-state index is 12.5. The van der Waals surface area contributed by atoms with Crippen molar-refractivity contribution in [1.29, 1.82) is 0 Å². The van der Waals surface area contributed by atoms with Crippen LogP contribution in [0.2, 0.25) is 0 Å². The van der Waals surface area contributed by atoms with E-state index in [2.05, 4.69) is 20.5 Å². The Hall–Kier alpha value is -1.47. The normalized spacial score (nSPS) is 22.0. The van der Waals surface area contributed by atoms with Crippen molar-refractivity contribution in [3.8, 4) is 0 Å². The highest BCUT2D eigenvalue weighted by atomic mass is 16.2. The van der Waals surface area contributed by atoms with Gasteiger partial charge in [-0.15, -0.1) is 5.10 Å². The van der Waals surface area contributed by atoms with Crippen LogP contribution in [0.25, 0.3) is 0 Å². The Morgan fingerprint density at radius 3 is 2.96 bits per heavy atom. The van der Waals surface area contributed by atoms with Crippen molar-refractivity contribution >= 4 is 5.91 Å². The average molecular weight is 334 g/mol. The number of hydrogen-bond acceptors (Lipinski definition) is 5. The molecule has 7 heteroatoms. The minimum atomic E-state index is -0.0237. The van der Waals surface area contributed by atoms with Gasteiger partial charge in [-0.25, -0.2) is 0 Å². The standard InChI is InChI=1S/C17H30N6O/c1-21(8-5-11-22-9-2-3-10-22)17(24)16-14-23(20-19-16)13-15-6-4-7-18-12-15/h14-15,18H,2-13H2,1H3/t15-/m0/s1. The Bertz CT molecular complexity index is 519. The summed E-state index contributed by atoms with van der Waals surface area (Å²) in [6, 6.07) is 0. The second-order valence-electron chi connectivity index (χ2n) is 7.17. The quantitative estimate of drug-likeness (QED) is 0.800. The van der Waals surface area contributed by atoms with E-state index in [0.29, 0.717) is 11.6 Å². The fourth-order valence-corrected chi connectivity index (χ4v) is 3.66. The van der Waals surface area contributed by atoms with Crippen LogP contribution in [0.4, 0.5) is 0 Å². The number of likely N-dealkylation sites (tertiary alicyclic amines) is 1. The molecule has 3 heterocycles. The number of carbonyl (C=O) groups is 1. The second kappa shape index (κ2) is 8.58. The summed E-state index contributed by atoms with van der Waals surface area (Å²) in [5.74, 6) is 0.561. The molecule has 134 valence electrons. The van der Waals surface area contributed by atoms with Crippen LogP contribution < -0.4 is 5.32 Å². The van der Waals surface area contributed by atoms with Crippen LogP contribution in [0.15, 0.2) is 6.20 Å². The van der Waals surface area contributed by atoms with Gasteiger partial charge in [-0.2, -0.15) is 0 Å². The van der Waals surface area contributed by atoms with Crippen LogP contribution in [0.1, 0.15) is 42.6 Å². The molecule has 0 aromatic carbocycles. The molecule has 0 aliphatic carbocycles. The first kappa shape index (κ1) is 17.4. The summed E-state index contributed by atoms with van der Waals surface area (Å²) in [5, 5.41) is 11.6. The SMILES string of the molecule is CN(CCCN1CCCC1)C(=O)c1cn(C[C@H]2CCCNC2)nn1. The average Bonchev–Trinajstić information content (AvgIpc) is 3.27. The molecule has 0 spiro atoms. The number of nitrogens with one attached hydrogen (secondary N) is 1. The van der Waals surface area contributed by atoms with Crippen molar-refractivity contribution in [2.45, 2.75) is 38.6 Å².